The molecule has 0 saturated carbocycles. The molecule has 0 unspecified atom stereocenters. The second kappa shape index (κ2) is 6.74. The number of hydrogen-bond acceptors (Lipinski definition) is 5. The molecule has 2 rings (SSSR count). The maximum atomic E-state index is 12.3. The number of hydrogen-bond donors (Lipinski definition) is 1. The zero-order valence-electron chi connectivity index (χ0n) is 11.9. The Labute approximate surface area is 121 Å². The number of carbonyl (C=O) groups is 2. The number of aromatic nitrogens is 1. The monoisotopic (exact) mass is 291 g/mol. The fourth-order valence-electron chi connectivity index (χ4n) is 1.85. The normalized spacial score (nSPS) is 10.6. The molecule has 2 amide bonds. The van der Waals surface area contributed by atoms with Crippen LogP contribution in [-0.4, -0.2) is 35.0 Å². The van der Waals surface area contributed by atoms with Crippen molar-refractivity contribution in [3.05, 3.63) is 36.5 Å². The molecular weight excluding hydrogens is 274 g/mol. The van der Waals surface area contributed by atoms with E-state index in [1.54, 1.807) is 12.1 Å². The first-order valence-electron chi connectivity index (χ1n) is 6.59. The van der Waals surface area contributed by atoms with Crippen LogP contribution in [0, 0.1) is 5.92 Å². The predicted octanol–water partition coefficient (Wildman–Crippen LogP) is 2.00. The summed E-state index contributed by atoms with van der Waals surface area (Å²) in [7, 11) is 0. The molecule has 1 N–H and O–H groups in total. The lowest BCUT2D eigenvalue weighted by molar-refractivity contribution is -0.117. The molecule has 0 aliphatic heterocycles. The first-order valence-corrected chi connectivity index (χ1v) is 6.59. The van der Waals surface area contributed by atoms with Gasteiger partial charge in [-0.25, -0.2) is 0 Å². The zero-order chi connectivity index (χ0) is 15.2. The second-order valence-electron chi connectivity index (χ2n) is 4.99. The molecular formula is C14H17N3O4. The summed E-state index contributed by atoms with van der Waals surface area (Å²) in [5.41, 5.74) is 0. The molecule has 0 spiro atoms. The van der Waals surface area contributed by atoms with Crippen LogP contribution in [0.4, 0.5) is 5.82 Å². The van der Waals surface area contributed by atoms with Crippen LogP contribution in [0.1, 0.15) is 24.4 Å². The van der Waals surface area contributed by atoms with Gasteiger partial charge in [0.2, 0.25) is 5.91 Å². The molecule has 112 valence electrons. The molecule has 0 aromatic carbocycles. The van der Waals surface area contributed by atoms with Gasteiger partial charge in [0.1, 0.15) is 12.8 Å². The van der Waals surface area contributed by atoms with E-state index in [-0.39, 0.29) is 30.0 Å². The Morgan fingerprint density at radius 1 is 1.33 bits per heavy atom. The van der Waals surface area contributed by atoms with Gasteiger partial charge in [0, 0.05) is 12.6 Å². The predicted molar refractivity (Wildman–Crippen MR) is 74.6 cm³/mol. The molecule has 0 fully saturated rings. The van der Waals surface area contributed by atoms with E-state index in [1.807, 2.05) is 13.8 Å². The van der Waals surface area contributed by atoms with Gasteiger partial charge < -0.3 is 19.2 Å². The number of nitrogens with one attached hydrogen (secondary N) is 1. The minimum absolute atomic E-state index is 0.0788. The molecule has 0 bridgehead atoms. The summed E-state index contributed by atoms with van der Waals surface area (Å²) in [6.07, 6.45) is 2.78. The Bertz CT molecular complexity index is 575. The highest BCUT2D eigenvalue weighted by molar-refractivity contribution is 5.97. The highest BCUT2D eigenvalue weighted by Gasteiger charge is 2.22. The Morgan fingerprint density at radius 3 is 2.71 bits per heavy atom. The quantitative estimate of drug-likeness (QED) is 0.879. The Balaban J connectivity index is 2.02. The van der Waals surface area contributed by atoms with Crippen molar-refractivity contribution in [2.24, 2.45) is 5.92 Å². The van der Waals surface area contributed by atoms with Crippen LogP contribution in [0.25, 0.3) is 0 Å². The summed E-state index contributed by atoms with van der Waals surface area (Å²) >= 11 is 0. The third-order valence-corrected chi connectivity index (χ3v) is 2.64. The molecule has 0 saturated heterocycles. The maximum Gasteiger partial charge on any atom is 0.290 e. The van der Waals surface area contributed by atoms with E-state index in [2.05, 4.69) is 15.0 Å². The van der Waals surface area contributed by atoms with Gasteiger partial charge in [-0.3, -0.25) is 9.59 Å². The fraction of sp³-hybridized carbons (Fsp3) is 0.357. The first kappa shape index (κ1) is 14.8. The molecule has 0 atom stereocenters. The summed E-state index contributed by atoms with van der Waals surface area (Å²) in [5, 5.41) is 6.15. The number of rotatable bonds is 6. The SMILES string of the molecule is CC(C)CN(CC(=O)Nc1ccon1)C(=O)c1ccco1. The average molecular weight is 291 g/mol. The van der Waals surface area contributed by atoms with Crippen LogP contribution >= 0.6 is 0 Å². The molecule has 21 heavy (non-hydrogen) atoms. The number of furan rings is 1. The van der Waals surface area contributed by atoms with Crippen LogP contribution < -0.4 is 5.32 Å². The van der Waals surface area contributed by atoms with Crippen LogP contribution in [0.3, 0.4) is 0 Å². The standard InChI is InChI=1S/C14H17N3O4/c1-10(2)8-17(14(19)11-4-3-6-20-11)9-13(18)15-12-5-7-21-16-12/h3-7,10H,8-9H2,1-2H3,(H,15,16,18). The lowest BCUT2D eigenvalue weighted by atomic mass is 10.2. The van der Waals surface area contributed by atoms with E-state index >= 15 is 0 Å². The molecule has 7 nitrogen and oxygen atoms in total. The van der Waals surface area contributed by atoms with Gasteiger partial charge in [0.05, 0.1) is 6.26 Å². The van der Waals surface area contributed by atoms with Gasteiger partial charge >= 0.3 is 0 Å². The van der Waals surface area contributed by atoms with Crippen molar-refractivity contribution >= 4 is 17.6 Å². The number of carbonyl (C=O) groups excluding carboxylic acids is 2. The van der Waals surface area contributed by atoms with E-state index in [1.165, 1.54) is 23.5 Å². The molecule has 2 aromatic rings. The van der Waals surface area contributed by atoms with Crippen molar-refractivity contribution in [2.45, 2.75) is 13.8 Å². The first-order chi connectivity index (χ1) is 10.1. The lowest BCUT2D eigenvalue weighted by Crippen LogP contribution is -2.40. The Hall–Kier alpha value is -2.57. The van der Waals surface area contributed by atoms with Gasteiger partial charge in [-0.2, -0.15) is 0 Å². The summed E-state index contributed by atoms with van der Waals surface area (Å²) in [6.45, 7) is 4.31. The van der Waals surface area contributed by atoms with E-state index in [4.69, 9.17) is 4.42 Å². The van der Waals surface area contributed by atoms with E-state index in [9.17, 15) is 9.59 Å². The Morgan fingerprint density at radius 2 is 2.14 bits per heavy atom. The van der Waals surface area contributed by atoms with Crippen molar-refractivity contribution in [2.75, 3.05) is 18.4 Å². The van der Waals surface area contributed by atoms with Crippen molar-refractivity contribution in [1.29, 1.82) is 0 Å². The highest BCUT2D eigenvalue weighted by atomic mass is 16.5. The van der Waals surface area contributed by atoms with Crippen molar-refractivity contribution in [3.8, 4) is 0 Å². The van der Waals surface area contributed by atoms with Gasteiger partial charge in [-0.15, -0.1) is 0 Å². The number of amides is 2. The lowest BCUT2D eigenvalue weighted by Gasteiger charge is -2.22. The van der Waals surface area contributed by atoms with Crippen LogP contribution in [0.5, 0.6) is 0 Å². The molecule has 0 aliphatic rings. The zero-order valence-corrected chi connectivity index (χ0v) is 11.9. The molecule has 0 aliphatic carbocycles. The van der Waals surface area contributed by atoms with E-state index < -0.39 is 0 Å². The average Bonchev–Trinajstić information content (AvgIpc) is 3.09. The van der Waals surface area contributed by atoms with Crippen molar-refractivity contribution in [1.82, 2.24) is 10.1 Å². The fourth-order valence-corrected chi connectivity index (χ4v) is 1.85. The molecule has 7 heteroatoms. The second-order valence-corrected chi connectivity index (χ2v) is 4.99. The molecule has 2 aromatic heterocycles. The summed E-state index contributed by atoms with van der Waals surface area (Å²) in [5.74, 6) is 0.0945. The van der Waals surface area contributed by atoms with Crippen molar-refractivity contribution < 1.29 is 18.5 Å². The highest BCUT2D eigenvalue weighted by Crippen LogP contribution is 2.09. The molecule has 0 radical (unpaired) electrons. The third-order valence-electron chi connectivity index (χ3n) is 2.64. The van der Waals surface area contributed by atoms with Gasteiger partial charge in [-0.1, -0.05) is 19.0 Å². The van der Waals surface area contributed by atoms with Crippen LogP contribution in [-0.2, 0) is 4.79 Å². The van der Waals surface area contributed by atoms with Gasteiger partial charge in [0.15, 0.2) is 11.6 Å². The van der Waals surface area contributed by atoms with Gasteiger partial charge in [0.25, 0.3) is 5.91 Å². The summed E-state index contributed by atoms with van der Waals surface area (Å²) < 4.78 is 9.73. The van der Waals surface area contributed by atoms with E-state index in [0.717, 1.165) is 0 Å². The van der Waals surface area contributed by atoms with Gasteiger partial charge in [-0.05, 0) is 18.1 Å². The third kappa shape index (κ3) is 4.20. The topological polar surface area (TPSA) is 88.6 Å². The number of nitrogens with zero attached hydrogens (tertiary/aromatic N) is 2. The van der Waals surface area contributed by atoms with Crippen molar-refractivity contribution in [3.63, 3.8) is 0 Å². The summed E-state index contributed by atoms with van der Waals surface area (Å²) in [4.78, 5) is 25.7. The summed E-state index contributed by atoms with van der Waals surface area (Å²) in [6, 6.07) is 4.74. The maximum absolute atomic E-state index is 12.3. The minimum atomic E-state index is -0.343. The largest absolute Gasteiger partial charge is 0.459 e. The van der Waals surface area contributed by atoms with Crippen LogP contribution in [0.2, 0.25) is 0 Å². The Kier molecular flexibility index (Phi) is 4.76. The molecule has 2 heterocycles. The van der Waals surface area contributed by atoms with E-state index in [0.29, 0.717) is 12.4 Å². The smallest absolute Gasteiger partial charge is 0.290 e. The van der Waals surface area contributed by atoms with Crippen LogP contribution in [0.15, 0.2) is 39.7 Å². The number of anilines is 1. The minimum Gasteiger partial charge on any atom is -0.459 e.